The third-order valence-corrected chi connectivity index (χ3v) is 3.53. The maximum atomic E-state index is 12.9. The van der Waals surface area contributed by atoms with Crippen molar-refractivity contribution in [3.8, 4) is 11.4 Å². The maximum absolute atomic E-state index is 12.9. The summed E-state index contributed by atoms with van der Waals surface area (Å²) in [6.45, 7) is 0. The fourth-order valence-electron chi connectivity index (χ4n) is 2.06. The summed E-state index contributed by atoms with van der Waals surface area (Å²) in [5.41, 5.74) is 4.22. The highest BCUT2D eigenvalue weighted by Crippen LogP contribution is 2.33. The van der Waals surface area contributed by atoms with Crippen LogP contribution in [0.5, 0.6) is 0 Å². The van der Waals surface area contributed by atoms with Crippen molar-refractivity contribution >= 4 is 30.6 Å². The van der Waals surface area contributed by atoms with Gasteiger partial charge in [-0.05, 0) is 18.2 Å². The first-order valence-electron chi connectivity index (χ1n) is 7.64. The molecule has 8 nitrogen and oxygen atoms in total. The number of alkyl halides is 3. The fourth-order valence-corrected chi connectivity index (χ4v) is 2.34. The highest BCUT2D eigenvalue weighted by molar-refractivity contribution is 7.80. The molecule has 12 heteroatoms. The Kier molecular flexibility index (Phi) is 5.59. The van der Waals surface area contributed by atoms with Crippen LogP contribution in [0, 0.1) is 0 Å². The van der Waals surface area contributed by atoms with Gasteiger partial charge in [0.1, 0.15) is 6.33 Å². The second-order valence-electron chi connectivity index (χ2n) is 5.34. The number of carbonyl (C=O) groups is 1. The number of halogens is 3. The van der Waals surface area contributed by atoms with Gasteiger partial charge in [0.25, 0.3) is 5.91 Å². The molecule has 28 heavy (non-hydrogen) atoms. The third kappa shape index (κ3) is 5.07. The van der Waals surface area contributed by atoms with Crippen LogP contribution in [0.15, 0.2) is 54.1 Å². The first kappa shape index (κ1) is 19.4. The first-order chi connectivity index (χ1) is 13.3. The van der Waals surface area contributed by atoms with Crippen molar-refractivity contribution in [2.24, 2.45) is 0 Å². The lowest BCUT2D eigenvalue weighted by Gasteiger charge is -2.08. The predicted octanol–water partition coefficient (Wildman–Crippen LogP) is 2.66. The van der Waals surface area contributed by atoms with Gasteiger partial charge in [-0.3, -0.25) is 20.6 Å². The topological polar surface area (TPSA) is 97.6 Å². The summed E-state index contributed by atoms with van der Waals surface area (Å²) in [6, 6.07) is 3.26. The molecule has 0 bridgehead atoms. The van der Waals surface area contributed by atoms with Crippen LogP contribution in [0.1, 0.15) is 5.56 Å². The Morgan fingerprint density at radius 1 is 1.18 bits per heavy atom. The molecule has 0 fully saturated rings. The minimum atomic E-state index is -4.51. The third-order valence-electron chi connectivity index (χ3n) is 3.27. The molecule has 2 heterocycles. The zero-order chi connectivity index (χ0) is 20.1. The number of aromatic nitrogens is 5. The Balaban J connectivity index is 1.68. The van der Waals surface area contributed by atoms with Gasteiger partial charge >= 0.3 is 6.18 Å². The highest BCUT2D eigenvalue weighted by Gasteiger charge is 2.31. The molecule has 1 amide bonds. The van der Waals surface area contributed by atoms with Gasteiger partial charge in [-0.2, -0.15) is 13.2 Å². The zero-order valence-electron chi connectivity index (χ0n) is 13.9. The smallest absolute Gasteiger partial charge is 0.280 e. The number of anilines is 1. The van der Waals surface area contributed by atoms with Crippen LogP contribution in [-0.2, 0) is 11.0 Å². The number of amides is 1. The van der Waals surface area contributed by atoms with Crippen LogP contribution in [0.4, 0.5) is 19.0 Å². The summed E-state index contributed by atoms with van der Waals surface area (Å²) < 4.78 is 40.0. The average Bonchev–Trinajstić information content (AvgIpc) is 3.13. The molecule has 3 aromatic rings. The van der Waals surface area contributed by atoms with E-state index >= 15 is 0 Å². The van der Waals surface area contributed by atoms with E-state index in [-0.39, 0.29) is 16.3 Å². The molecule has 3 rings (SSSR count). The van der Waals surface area contributed by atoms with Crippen molar-refractivity contribution < 1.29 is 18.0 Å². The Labute approximate surface area is 161 Å². The van der Waals surface area contributed by atoms with Gasteiger partial charge in [0.15, 0.2) is 11.6 Å². The van der Waals surface area contributed by atoms with E-state index in [9.17, 15) is 18.0 Å². The molecule has 0 radical (unpaired) electrons. The van der Waals surface area contributed by atoms with Crippen LogP contribution in [0.3, 0.4) is 0 Å². The number of rotatable bonds is 5. The molecule has 2 N–H and O–H groups in total. The summed E-state index contributed by atoms with van der Waals surface area (Å²) in [5.74, 6) is -0.108. The van der Waals surface area contributed by atoms with Crippen molar-refractivity contribution in [2.45, 2.75) is 11.1 Å². The summed E-state index contributed by atoms with van der Waals surface area (Å²) in [7, 11) is 0. The van der Waals surface area contributed by atoms with Crippen molar-refractivity contribution in [3.05, 3.63) is 54.8 Å². The summed E-state index contributed by atoms with van der Waals surface area (Å²) in [6.07, 6.45) is 3.54. The summed E-state index contributed by atoms with van der Waals surface area (Å²) in [5, 5.41) is 4.03. The average molecular weight is 407 g/mol. The van der Waals surface area contributed by atoms with Gasteiger partial charge in [-0.1, -0.05) is 0 Å². The minimum absolute atomic E-state index is 0.0594. The number of nitrogens with one attached hydrogen (secondary N) is 2. The van der Waals surface area contributed by atoms with E-state index in [4.69, 9.17) is 0 Å². The molecular formula is C16H12F3N7OS. The zero-order valence-corrected chi connectivity index (χ0v) is 14.8. The monoisotopic (exact) mass is 407 g/mol. The van der Waals surface area contributed by atoms with Gasteiger partial charge in [0.2, 0.25) is 0 Å². The molecule has 144 valence electrons. The van der Waals surface area contributed by atoms with Gasteiger partial charge in [0, 0.05) is 35.1 Å². The van der Waals surface area contributed by atoms with Crippen molar-refractivity contribution in [1.82, 2.24) is 30.2 Å². The Morgan fingerprint density at radius 2 is 2.00 bits per heavy atom. The van der Waals surface area contributed by atoms with Crippen LogP contribution in [0.25, 0.3) is 17.6 Å². The molecule has 0 atom stereocenters. The molecule has 0 saturated heterocycles. The minimum Gasteiger partial charge on any atom is -0.280 e. The van der Waals surface area contributed by atoms with E-state index in [0.29, 0.717) is 5.82 Å². The molecule has 0 spiro atoms. The lowest BCUT2D eigenvalue weighted by Crippen LogP contribution is -2.28. The van der Waals surface area contributed by atoms with Crippen molar-refractivity contribution in [3.63, 3.8) is 0 Å². The van der Waals surface area contributed by atoms with Crippen LogP contribution >= 0.6 is 12.6 Å². The lowest BCUT2D eigenvalue weighted by molar-refractivity contribution is -0.137. The number of hydrazine groups is 1. The summed E-state index contributed by atoms with van der Waals surface area (Å²) >= 11 is 3.99. The Morgan fingerprint density at radius 3 is 2.71 bits per heavy atom. The molecule has 0 saturated carbocycles. The number of hydrogen-bond donors (Lipinski definition) is 3. The molecule has 0 aliphatic rings. The molecule has 0 aliphatic carbocycles. The Hall–Kier alpha value is -3.41. The largest absolute Gasteiger partial charge is 0.416 e. The van der Waals surface area contributed by atoms with E-state index in [1.54, 1.807) is 0 Å². The summed E-state index contributed by atoms with van der Waals surface area (Å²) in [4.78, 5) is 23.6. The van der Waals surface area contributed by atoms with Gasteiger partial charge < -0.3 is 0 Å². The van der Waals surface area contributed by atoms with E-state index in [2.05, 4.69) is 43.5 Å². The fraction of sp³-hybridized carbons (Fsp3) is 0.0625. The predicted molar refractivity (Wildman–Crippen MR) is 96.8 cm³/mol. The maximum Gasteiger partial charge on any atom is 0.416 e. The second kappa shape index (κ2) is 8.08. The quantitative estimate of drug-likeness (QED) is 0.342. The van der Waals surface area contributed by atoms with E-state index in [1.807, 2.05) is 0 Å². The normalized spacial score (nSPS) is 11.6. The van der Waals surface area contributed by atoms with Crippen molar-refractivity contribution in [2.75, 3.05) is 5.43 Å². The first-order valence-corrected chi connectivity index (χ1v) is 8.09. The van der Waals surface area contributed by atoms with Gasteiger partial charge in [-0.15, -0.1) is 17.7 Å². The molecule has 0 unspecified atom stereocenters. The molecule has 2 aromatic heterocycles. The lowest BCUT2D eigenvalue weighted by atomic mass is 10.1. The van der Waals surface area contributed by atoms with Crippen LogP contribution in [-0.4, -0.2) is 30.6 Å². The van der Waals surface area contributed by atoms with Crippen LogP contribution < -0.4 is 10.9 Å². The standard InChI is InChI=1S/C16H12F3N7OS/c17-16(18,19)11-5-10(6-12(28)7-11)15-22-9-26(25-15)4-1-14(27)24-23-13-8-20-2-3-21-13/h1-9,28H,(H,21,23)(H,24,27)/b4-1-. The number of carbonyl (C=O) groups excluding carboxylic acids is 1. The highest BCUT2D eigenvalue weighted by atomic mass is 32.1. The SMILES string of the molecule is O=C(/C=C\n1cnc(-c2cc(S)cc(C(F)(F)F)c2)n1)NNc1cnccn1. The number of hydrogen-bond acceptors (Lipinski definition) is 7. The van der Waals surface area contributed by atoms with E-state index in [1.165, 1.54) is 41.9 Å². The Bertz CT molecular complexity index is 1000. The molecular weight excluding hydrogens is 395 g/mol. The molecule has 0 aliphatic heterocycles. The van der Waals surface area contributed by atoms with Gasteiger partial charge in [0.05, 0.1) is 11.8 Å². The molecule has 1 aromatic carbocycles. The van der Waals surface area contributed by atoms with Crippen molar-refractivity contribution in [1.29, 1.82) is 0 Å². The number of benzene rings is 1. The van der Waals surface area contributed by atoms with Crippen LogP contribution in [0.2, 0.25) is 0 Å². The second-order valence-corrected chi connectivity index (χ2v) is 5.85. The van der Waals surface area contributed by atoms with E-state index in [0.717, 1.165) is 18.2 Å². The van der Waals surface area contributed by atoms with Gasteiger partial charge in [-0.25, -0.2) is 14.6 Å². The number of nitrogens with zero attached hydrogens (tertiary/aromatic N) is 5. The number of thiol groups is 1. The van der Waals surface area contributed by atoms with E-state index < -0.39 is 17.6 Å².